The summed E-state index contributed by atoms with van der Waals surface area (Å²) in [6, 6.07) is 1.96. The Balaban J connectivity index is 0.00000144. The third-order valence-corrected chi connectivity index (χ3v) is 1.80. The summed E-state index contributed by atoms with van der Waals surface area (Å²) in [6.07, 6.45) is 5.30. The predicted octanol–water partition coefficient (Wildman–Crippen LogP) is 1.94. The molecule has 0 radical (unpaired) electrons. The van der Waals surface area contributed by atoms with Crippen LogP contribution in [0.5, 0.6) is 0 Å². The summed E-state index contributed by atoms with van der Waals surface area (Å²) in [5.41, 5.74) is 1.95. The molecule has 1 heterocycles. The minimum atomic E-state index is 0. The van der Waals surface area contributed by atoms with Gasteiger partial charge in [-0.25, -0.2) is 0 Å². The highest BCUT2D eigenvalue weighted by molar-refractivity contribution is 5.29. The molecule has 2 nitrogen and oxygen atoms in total. The summed E-state index contributed by atoms with van der Waals surface area (Å²) in [6.45, 7) is 6.36. The second-order valence-corrected chi connectivity index (χ2v) is 3.93. The summed E-state index contributed by atoms with van der Waals surface area (Å²) in [7, 11) is 1.87. The van der Waals surface area contributed by atoms with Gasteiger partial charge in [0.1, 0.15) is 5.69 Å². The second-order valence-electron chi connectivity index (χ2n) is 3.93. The number of hydrogen-bond acceptors (Lipinski definition) is 1. The van der Waals surface area contributed by atoms with Crippen LogP contribution in [0.4, 0.5) is 0 Å². The van der Waals surface area contributed by atoms with E-state index in [-0.39, 0.29) is 6.84 Å². The molecule has 0 aliphatic rings. The van der Waals surface area contributed by atoms with Crippen molar-refractivity contribution in [3.63, 3.8) is 0 Å². The molecule has 0 aromatic carbocycles. The number of nitrogens with zero attached hydrogens (tertiary/aromatic N) is 2. The van der Waals surface area contributed by atoms with Gasteiger partial charge in [0.2, 0.25) is 0 Å². The van der Waals surface area contributed by atoms with Crippen LogP contribution in [0, 0.1) is 12.3 Å². The SMILES string of the molecule is C#Cc1cc(C(C)(C)C)nn1C.[HH]. The van der Waals surface area contributed by atoms with Gasteiger partial charge in [0.15, 0.2) is 0 Å². The van der Waals surface area contributed by atoms with Crippen molar-refractivity contribution in [2.45, 2.75) is 26.2 Å². The minimum Gasteiger partial charge on any atom is -0.260 e. The Morgan fingerprint density at radius 3 is 2.42 bits per heavy atom. The van der Waals surface area contributed by atoms with E-state index in [1.165, 1.54) is 0 Å². The van der Waals surface area contributed by atoms with Crippen LogP contribution in [-0.2, 0) is 12.5 Å². The molecule has 66 valence electrons. The Labute approximate surface area is 75.1 Å². The van der Waals surface area contributed by atoms with Crippen LogP contribution in [0.2, 0.25) is 0 Å². The van der Waals surface area contributed by atoms with E-state index in [0.29, 0.717) is 0 Å². The molecule has 0 fully saturated rings. The van der Waals surface area contributed by atoms with E-state index >= 15 is 0 Å². The quantitative estimate of drug-likeness (QED) is 0.536. The van der Waals surface area contributed by atoms with Gasteiger partial charge in [0, 0.05) is 13.9 Å². The Morgan fingerprint density at radius 2 is 2.17 bits per heavy atom. The highest BCUT2D eigenvalue weighted by Gasteiger charge is 2.17. The van der Waals surface area contributed by atoms with Crippen molar-refractivity contribution in [2.75, 3.05) is 0 Å². The molecule has 1 aromatic heterocycles. The summed E-state index contributed by atoms with van der Waals surface area (Å²) in [4.78, 5) is 0. The summed E-state index contributed by atoms with van der Waals surface area (Å²) in [5, 5.41) is 4.33. The van der Waals surface area contributed by atoms with Crippen molar-refractivity contribution in [3.05, 3.63) is 17.5 Å². The molecule has 0 spiro atoms. The van der Waals surface area contributed by atoms with Gasteiger partial charge in [-0.3, -0.25) is 4.68 Å². The summed E-state index contributed by atoms with van der Waals surface area (Å²) < 4.78 is 1.74. The van der Waals surface area contributed by atoms with Crippen LogP contribution in [-0.4, -0.2) is 9.78 Å². The first-order chi connectivity index (χ1) is 5.45. The maximum atomic E-state index is 5.30. The first-order valence-electron chi connectivity index (χ1n) is 3.96. The molecule has 1 rings (SSSR count). The lowest BCUT2D eigenvalue weighted by Gasteiger charge is -2.13. The zero-order valence-electron chi connectivity index (χ0n) is 8.05. The molecule has 0 saturated carbocycles. The lowest BCUT2D eigenvalue weighted by molar-refractivity contribution is 0.553. The maximum absolute atomic E-state index is 5.30. The van der Waals surface area contributed by atoms with Gasteiger partial charge in [-0.1, -0.05) is 26.7 Å². The van der Waals surface area contributed by atoms with Crippen LogP contribution < -0.4 is 0 Å². The van der Waals surface area contributed by atoms with Crippen LogP contribution in [0.15, 0.2) is 6.07 Å². The van der Waals surface area contributed by atoms with E-state index < -0.39 is 0 Å². The third kappa shape index (κ3) is 1.50. The Morgan fingerprint density at radius 1 is 1.58 bits per heavy atom. The van der Waals surface area contributed by atoms with Gasteiger partial charge in [0.05, 0.1) is 5.69 Å². The van der Waals surface area contributed by atoms with Gasteiger partial charge in [0.25, 0.3) is 0 Å². The van der Waals surface area contributed by atoms with Crippen LogP contribution in [0.3, 0.4) is 0 Å². The van der Waals surface area contributed by atoms with Crippen molar-refractivity contribution in [2.24, 2.45) is 7.05 Å². The average Bonchev–Trinajstić information content (AvgIpc) is 2.29. The number of terminal acetylenes is 1. The number of hydrogen-bond donors (Lipinski definition) is 0. The lowest BCUT2D eigenvalue weighted by Crippen LogP contribution is -2.12. The van der Waals surface area contributed by atoms with Crippen molar-refractivity contribution >= 4 is 0 Å². The minimum absolute atomic E-state index is 0. The molecule has 0 N–H and O–H groups in total. The summed E-state index contributed by atoms with van der Waals surface area (Å²) >= 11 is 0. The van der Waals surface area contributed by atoms with Crippen LogP contribution >= 0.6 is 0 Å². The van der Waals surface area contributed by atoms with E-state index in [2.05, 4.69) is 31.8 Å². The van der Waals surface area contributed by atoms with Gasteiger partial charge in [-0.15, -0.1) is 6.42 Å². The molecule has 0 saturated heterocycles. The Hall–Kier alpha value is -1.23. The fraction of sp³-hybridized carbons (Fsp3) is 0.500. The molecule has 0 atom stereocenters. The summed E-state index contributed by atoms with van der Waals surface area (Å²) in [5.74, 6) is 2.59. The number of rotatable bonds is 0. The van der Waals surface area contributed by atoms with Crippen molar-refractivity contribution in [3.8, 4) is 12.3 Å². The normalized spacial score (nSPS) is 11.2. The van der Waals surface area contributed by atoms with Crippen molar-refractivity contribution in [1.29, 1.82) is 0 Å². The van der Waals surface area contributed by atoms with Gasteiger partial charge >= 0.3 is 0 Å². The van der Waals surface area contributed by atoms with Crippen LogP contribution in [0.25, 0.3) is 0 Å². The van der Waals surface area contributed by atoms with Gasteiger partial charge in [-0.05, 0) is 6.07 Å². The van der Waals surface area contributed by atoms with E-state index in [1.54, 1.807) is 4.68 Å². The first kappa shape index (κ1) is 8.86. The number of aryl methyl sites for hydroxylation is 1. The van der Waals surface area contributed by atoms with E-state index in [0.717, 1.165) is 11.4 Å². The van der Waals surface area contributed by atoms with Gasteiger partial charge < -0.3 is 0 Å². The highest BCUT2D eigenvalue weighted by atomic mass is 15.3. The van der Waals surface area contributed by atoms with E-state index in [4.69, 9.17) is 6.42 Å². The smallest absolute Gasteiger partial charge is 0.110 e. The zero-order valence-corrected chi connectivity index (χ0v) is 8.05. The molecule has 1 aromatic rings. The van der Waals surface area contributed by atoms with Gasteiger partial charge in [-0.2, -0.15) is 5.10 Å². The molecule has 2 heteroatoms. The monoisotopic (exact) mass is 164 g/mol. The molecule has 0 amide bonds. The molecule has 0 unspecified atom stereocenters. The molecular weight excluding hydrogens is 148 g/mol. The van der Waals surface area contributed by atoms with Crippen molar-refractivity contribution < 1.29 is 1.43 Å². The predicted molar refractivity (Wildman–Crippen MR) is 52.0 cm³/mol. The standard InChI is InChI=1S/C10H14N2.H2/c1-6-8-7-9(10(2,3)4)11-12(8)5;/h1,7H,2-5H3;1H. The van der Waals surface area contributed by atoms with Crippen molar-refractivity contribution in [1.82, 2.24) is 9.78 Å². The van der Waals surface area contributed by atoms with E-state index in [1.807, 2.05) is 13.1 Å². The maximum Gasteiger partial charge on any atom is 0.110 e. The fourth-order valence-corrected chi connectivity index (χ4v) is 0.969. The third-order valence-electron chi connectivity index (χ3n) is 1.80. The lowest BCUT2D eigenvalue weighted by atomic mass is 9.92. The topological polar surface area (TPSA) is 17.8 Å². The first-order valence-corrected chi connectivity index (χ1v) is 3.96. The zero-order chi connectivity index (χ0) is 9.35. The second kappa shape index (κ2) is 2.67. The fourth-order valence-electron chi connectivity index (χ4n) is 0.969. The average molecular weight is 164 g/mol. The molecule has 0 aliphatic heterocycles. The molecule has 12 heavy (non-hydrogen) atoms. The largest absolute Gasteiger partial charge is 0.260 e. The number of aromatic nitrogens is 2. The Bertz CT molecular complexity index is 326. The molecule has 0 bridgehead atoms. The Kier molecular flexibility index (Phi) is 1.97. The van der Waals surface area contributed by atoms with E-state index in [9.17, 15) is 0 Å². The van der Waals surface area contributed by atoms with Crippen LogP contribution in [0.1, 0.15) is 33.6 Å². The highest BCUT2D eigenvalue weighted by Crippen LogP contribution is 2.20. The molecule has 0 aliphatic carbocycles. The molecular formula is C10H16N2.